The Kier molecular flexibility index (Phi) is 5.85. The van der Waals surface area contributed by atoms with Gasteiger partial charge in [-0.25, -0.2) is 0 Å². The van der Waals surface area contributed by atoms with E-state index in [2.05, 4.69) is 21.8 Å². The van der Waals surface area contributed by atoms with Crippen LogP contribution in [0.5, 0.6) is 0 Å². The number of anilines is 3. The number of benzene rings is 2. The van der Waals surface area contributed by atoms with Crippen molar-refractivity contribution in [3.63, 3.8) is 0 Å². The Bertz CT molecular complexity index is 1840. The first-order valence-electron chi connectivity index (χ1n) is 13.8. The highest BCUT2D eigenvalue weighted by atomic mass is 35.5. The van der Waals surface area contributed by atoms with Gasteiger partial charge in [0.05, 0.1) is 16.5 Å². The fourth-order valence-electron chi connectivity index (χ4n) is 6.61. The average molecular weight is 596 g/mol. The number of fused-ring (bicyclic) bond motifs is 3. The summed E-state index contributed by atoms with van der Waals surface area (Å²) in [7, 11) is 0. The van der Waals surface area contributed by atoms with E-state index in [1.807, 2.05) is 80.1 Å². The lowest BCUT2D eigenvalue weighted by Crippen LogP contribution is -2.63. The second-order valence-corrected chi connectivity index (χ2v) is 12.9. The molecule has 0 bridgehead atoms. The number of nitrogens with zero attached hydrogens (tertiary/aromatic N) is 4. The molecule has 2 aromatic carbocycles. The molecule has 2 amide bonds. The second kappa shape index (κ2) is 9.18. The quantitative estimate of drug-likeness (QED) is 0.196. The van der Waals surface area contributed by atoms with E-state index >= 15 is 0 Å². The molecular formula is C34H28Cl2N4O2. The summed E-state index contributed by atoms with van der Waals surface area (Å²) < 4.78 is 2.11. The minimum atomic E-state index is -0.772. The molecule has 0 spiro atoms. The highest BCUT2D eigenvalue weighted by Gasteiger charge is 2.56. The summed E-state index contributed by atoms with van der Waals surface area (Å²) >= 11 is 12.4. The zero-order valence-corrected chi connectivity index (χ0v) is 25.1. The Hall–Kier alpha value is -4.13. The van der Waals surface area contributed by atoms with Crippen LogP contribution in [0, 0.1) is 5.41 Å². The molecule has 0 saturated carbocycles. The van der Waals surface area contributed by atoms with E-state index in [0.717, 1.165) is 44.9 Å². The molecule has 0 N–H and O–H groups in total. The number of halogens is 2. The molecule has 4 aliphatic rings. The SMILES string of the molecule is CC1(C)C(=O)N(c2ccc(Cl)cc2)c2c(-c3ccncc3)c3cn(C4N(c5ccc(Cl)cc5)C(=O)C4(C)C)ccc-3c21. The number of β-lactam (4-membered cyclic amide) rings is 1. The Morgan fingerprint density at radius 2 is 1.33 bits per heavy atom. The van der Waals surface area contributed by atoms with Crippen LogP contribution < -0.4 is 9.80 Å². The van der Waals surface area contributed by atoms with Crippen LogP contribution in [0.25, 0.3) is 22.3 Å². The molecule has 1 unspecified atom stereocenters. The van der Waals surface area contributed by atoms with Gasteiger partial charge in [0.25, 0.3) is 0 Å². The monoisotopic (exact) mass is 594 g/mol. The van der Waals surface area contributed by atoms with Crippen molar-refractivity contribution >= 4 is 52.1 Å². The van der Waals surface area contributed by atoms with Crippen LogP contribution in [0.15, 0.2) is 91.5 Å². The lowest BCUT2D eigenvalue weighted by Gasteiger charge is -2.53. The van der Waals surface area contributed by atoms with Crippen LogP contribution in [-0.2, 0) is 15.0 Å². The van der Waals surface area contributed by atoms with Crippen molar-refractivity contribution in [3.05, 3.63) is 107 Å². The van der Waals surface area contributed by atoms with Gasteiger partial charge >= 0.3 is 0 Å². The topological polar surface area (TPSA) is 58.4 Å². The first-order chi connectivity index (χ1) is 20.0. The number of carbonyl (C=O) groups excluding carboxylic acids is 2. The van der Waals surface area contributed by atoms with Crippen LogP contribution in [0.1, 0.15) is 39.4 Å². The van der Waals surface area contributed by atoms with E-state index in [1.54, 1.807) is 36.7 Å². The molecule has 1 atom stereocenters. The van der Waals surface area contributed by atoms with Gasteiger partial charge in [0.2, 0.25) is 11.8 Å². The standard InChI is InChI=1S/C34H28Cl2N4O2/c1-33(2)28-25-15-18-38(30-34(3,4)32(42)40(30)24-11-7-22(36)8-12-24)19-26(25)27(20-13-16-37-17-14-20)29(28)39(31(33)41)23-9-5-21(35)6-10-23/h5-19,30H,1-4H3. The summed E-state index contributed by atoms with van der Waals surface area (Å²) in [4.78, 5) is 35.3. The molecule has 1 saturated heterocycles. The summed E-state index contributed by atoms with van der Waals surface area (Å²) in [6.45, 7) is 7.92. The Morgan fingerprint density at radius 1 is 0.738 bits per heavy atom. The highest BCUT2D eigenvalue weighted by molar-refractivity contribution is 6.31. The van der Waals surface area contributed by atoms with E-state index in [-0.39, 0.29) is 18.0 Å². The molecule has 1 fully saturated rings. The summed E-state index contributed by atoms with van der Waals surface area (Å²) in [6, 6.07) is 20.7. The number of pyridine rings is 2. The lowest BCUT2D eigenvalue weighted by molar-refractivity contribution is -0.140. The highest BCUT2D eigenvalue weighted by Crippen LogP contribution is 2.59. The van der Waals surface area contributed by atoms with Gasteiger partial charge in [0, 0.05) is 57.3 Å². The molecule has 1 aromatic heterocycles. The van der Waals surface area contributed by atoms with Gasteiger partial charge in [-0.15, -0.1) is 0 Å². The summed E-state index contributed by atoms with van der Waals surface area (Å²) in [6.07, 6.45) is 7.41. The van der Waals surface area contributed by atoms with Crippen molar-refractivity contribution in [2.45, 2.75) is 39.3 Å². The summed E-state index contributed by atoms with van der Waals surface area (Å²) in [5.41, 5.74) is 5.91. The molecule has 8 heteroatoms. The van der Waals surface area contributed by atoms with Crippen LogP contribution in [0.3, 0.4) is 0 Å². The maximum Gasteiger partial charge on any atom is 0.241 e. The smallest absolute Gasteiger partial charge is 0.241 e. The molecule has 210 valence electrons. The predicted molar refractivity (Wildman–Crippen MR) is 168 cm³/mol. The maximum absolute atomic E-state index is 14.1. The third kappa shape index (κ3) is 3.68. The van der Waals surface area contributed by atoms with Crippen LogP contribution >= 0.6 is 23.2 Å². The fourth-order valence-corrected chi connectivity index (χ4v) is 6.86. The van der Waals surface area contributed by atoms with E-state index in [0.29, 0.717) is 10.0 Å². The first-order valence-corrected chi connectivity index (χ1v) is 14.5. The fraction of sp³-hybridized carbons (Fsp3) is 0.206. The van der Waals surface area contributed by atoms with Crippen molar-refractivity contribution in [2.75, 3.05) is 9.80 Å². The molecule has 6 nitrogen and oxygen atoms in total. The van der Waals surface area contributed by atoms with E-state index in [9.17, 15) is 9.59 Å². The Morgan fingerprint density at radius 3 is 1.95 bits per heavy atom. The minimum Gasteiger partial charge on any atom is -0.331 e. The van der Waals surface area contributed by atoms with Gasteiger partial charge in [0.15, 0.2) is 0 Å². The van der Waals surface area contributed by atoms with Gasteiger partial charge in [-0.3, -0.25) is 24.4 Å². The van der Waals surface area contributed by atoms with Crippen molar-refractivity contribution in [1.82, 2.24) is 9.55 Å². The zero-order chi connectivity index (χ0) is 29.6. The van der Waals surface area contributed by atoms with Crippen LogP contribution in [0.2, 0.25) is 10.0 Å². The molecule has 0 radical (unpaired) electrons. The number of carbonyl (C=O) groups is 2. The third-order valence-electron chi connectivity index (χ3n) is 8.68. The van der Waals surface area contributed by atoms with Gasteiger partial charge in [-0.1, -0.05) is 23.2 Å². The van der Waals surface area contributed by atoms with E-state index in [4.69, 9.17) is 23.2 Å². The molecule has 4 heterocycles. The summed E-state index contributed by atoms with van der Waals surface area (Å²) in [5.74, 6) is 0.0471. The maximum atomic E-state index is 14.1. The summed E-state index contributed by atoms with van der Waals surface area (Å²) in [5, 5.41) is 1.23. The number of rotatable bonds is 4. The molecule has 3 aliphatic heterocycles. The molecule has 3 aromatic rings. The first kappa shape index (κ1) is 26.7. The molecule has 42 heavy (non-hydrogen) atoms. The number of aromatic nitrogens is 2. The van der Waals surface area contributed by atoms with Crippen LogP contribution in [0.4, 0.5) is 17.1 Å². The Labute approximate surface area is 254 Å². The van der Waals surface area contributed by atoms with Gasteiger partial charge in [-0.2, -0.15) is 0 Å². The van der Waals surface area contributed by atoms with Gasteiger partial charge < -0.3 is 4.57 Å². The number of hydrogen-bond donors (Lipinski definition) is 0. The van der Waals surface area contributed by atoms with E-state index < -0.39 is 10.8 Å². The van der Waals surface area contributed by atoms with Crippen molar-refractivity contribution in [1.29, 1.82) is 0 Å². The Balaban J connectivity index is 1.48. The number of amides is 2. The molecule has 1 aliphatic carbocycles. The van der Waals surface area contributed by atoms with Crippen molar-refractivity contribution in [3.8, 4) is 22.3 Å². The second-order valence-electron chi connectivity index (χ2n) is 12.0. The van der Waals surface area contributed by atoms with E-state index in [1.165, 1.54) is 0 Å². The predicted octanol–water partition coefficient (Wildman–Crippen LogP) is 8.49. The van der Waals surface area contributed by atoms with Gasteiger partial charge in [-0.05, 0) is 111 Å². The number of hydrogen-bond acceptors (Lipinski definition) is 3. The normalized spacial score (nSPS) is 18.9. The van der Waals surface area contributed by atoms with Crippen molar-refractivity contribution in [2.24, 2.45) is 5.41 Å². The molecule has 7 rings (SSSR count). The minimum absolute atomic E-state index is 0.00314. The zero-order valence-electron chi connectivity index (χ0n) is 23.6. The third-order valence-corrected chi connectivity index (χ3v) is 9.19. The van der Waals surface area contributed by atoms with Crippen LogP contribution in [-0.4, -0.2) is 21.4 Å². The largest absolute Gasteiger partial charge is 0.331 e. The average Bonchev–Trinajstić information content (AvgIpc) is 3.41. The molecular weight excluding hydrogens is 567 g/mol. The van der Waals surface area contributed by atoms with Gasteiger partial charge in [0.1, 0.15) is 6.17 Å². The van der Waals surface area contributed by atoms with Crippen molar-refractivity contribution < 1.29 is 9.59 Å². The lowest BCUT2D eigenvalue weighted by atomic mass is 9.77.